The first kappa shape index (κ1) is 13.3. The van der Waals surface area contributed by atoms with Crippen molar-refractivity contribution in [3.8, 4) is 28.6 Å². The number of hydrogen-bond donors (Lipinski definition) is 1. The second-order valence-electron chi connectivity index (χ2n) is 4.13. The van der Waals surface area contributed by atoms with Crippen molar-refractivity contribution in [1.82, 2.24) is 10.1 Å². The van der Waals surface area contributed by atoms with Crippen LogP contribution in [-0.2, 0) is 0 Å². The van der Waals surface area contributed by atoms with Crippen LogP contribution in [-0.4, -0.2) is 15.2 Å². The van der Waals surface area contributed by atoms with Gasteiger partial charge < -0.3 is 9.63 Å². The summed E-state index contributed by atoms with van der Waals surface area (Å²) in [6.45, 7) is 0. The summed E-state index contributed by atoms with van der Waals surface area (Å²) in [6.07, 6.45) is 0. The zero-order chi connectivity index (χ0) is 14.1. The third-order valence-corrected chi connectivity index (χ3v) is 3.58. The van der Waals surface area contributed by atoms with Gasteiger partial charge in [0.1, 0.15) is 5.75 Å². The van der Waals surface area contributed by atoms with Gasteiger partial charge in [-0.15, -0.1) is 0 Å². The summed E-state index contributed by atoms with van der Waals surface area (Å²) in [5.41, 5.74) is 1.61. The summed E-state index contributed by atoms with van der Waals surface area (Å²) in [4.78, 5) is 4.36. The van der Waals surface area contributed by atoms with Crippen molar-refractivity contribution in [2.45, 2.75) is 0 Å². The highest BCUT2D eigenvalue weighted by atomic mass is 79.9. The Morgan fingerprint density at radius 3 is 2.20 bits per heavy atom. The molecule has 3 rings (SSSR count). The van der Waals surface area contributed by atoms with Gasteiger partial charge in [0.2, 0.25) is 5.82 Å². The molecule has 0 unspecified atom stereocenters. The van der Waals surface area contributed by atoms with E-state index in [1.165, 1.54) is 0 Å². The third kappa shape index (κ3) is 2.76. The van der Waals surface area contributed by atoms with Crippen molar-refractivity contribution in [3.05, 3.63) is 51.4 Å². The van der Waals surface area contributed by atoms with E-state index in [0.717, 1.165) is 20.1 Å². The van der Waals surface area contributed by atoms with Crippen molar-refractivity contribution in [2.24, 2.45) is 0 Å². The SMILES string of the molecule is Oc1ccc(-c2noc(-c3cc(Br)cc(Br)c3)n2)cc1. The largest absolute Gasteiger partial charge is 0.508 e. The molecule has 0 saturated carbocycles. The van der Waals surface area contributed by atoms with Gasteiger partial charge in [0.25, 0.3) is 5.89 Å². The van der Waals surface area contributed by atoms with E-state index in [9.17, 15) is 5.11 Å². The molecular formula is C14H8Br2N2O2. The van der Waals surface area contributed by atoms with Gasteiger partial charge in [0, 0.05) is 20.1 Å². The summed E-state index contributed by atoms with van der Waals surface area (Å²) in [5, 5.41) is 13.2. The van der Waals surface area contributed by atoms with E-state index in [1.807, 2.05) is 18.2 Å². The summed E-state index contributed by atoms with van der Waals surface area (Å²) in [6, 6.07) is 12.4. The molecule has 4 nitrogen and oxygen atoms in total. The molecule has 0 amide bonds. The zero-order valence-corrected chi connectivity index (χ0v) is 13.2. The first-order chi connectivity index (χ1) is 9.61. The molecule has 3 aromatic rings. The lowest BCUT2D eigenvalue weighted by Gasteiger charge is -1.97. The Labute approximate surface area is 131 Å². The van der Waals surface area contributed by atoms with Crippen molar-refractivity contribution in [3.63, 3.8) is 0 Å². The van der Waals surface area contributed by atoms with Crippen LogP contribution < -0.4 is 0 Å². The number of aromatic nitrogens is 2. The molecule has 6 heteroatoms. The van der Waals surface area contributed by atoms with Crippen molar-refractivity contribution >= 4 is 31.9 Å². The molecule has 0 atom stereocenters. The number of aromatic hydroxyl groups is 1. The highest BCUT2D eigenvalue weighted by Crippen LogP contribution is 2.28. The molecule has 100 valence electrons. The second kappa shape index (κ2) is 5.38. The first-order valence-electron chi connectivity index (χ1n) is 5.71. The van der Waals surface area contributed by atoms with Gasteiger partial charge in [-0.1, -0.05) is 37.0 Å². The summed E-state index contributed by atoms with van der Waals surface area (Å²) >= 11 is 6.84. The molecule has 2 aromatic carbocycles. The van der Waals surface area contributed by atoms with E-state index in [-0.39, 0.29) is 5.75 Å². The smallest absolute Gasteiger partial charge is 0.258 e. The maximum atomic E-state index is 9.27. The van der Waals surface area contributed by atoms with Gasteiger partial charge in [-0.05, 0) is 42.5 Å². The fourth-order valence-electron chi connectivity index (χ4n) is 1.75. The van der Waals surface area contributed by atoms with Crippen molar-refractivity contribution in [2.75, 3.05) is 0 Å². The molecule has 1 aromatic heterocycles. The lowest BCUT2D eigenvalue weighted by Crippen LogP contribution is -1.81. The fourth-order valence-corrected chi connectivity index (χ4v) is 3.04. The molecule has 1 heterocycles. The van der Waals surface area contributed by atoms with Gasteiger partial charge in [-0.25, -0.2) is 0 Å². The van der Waals surface area contributed by atoms with E-state index in [2.05, 4.69) is 42.0 Å². The average Bonchev–Trinajstić information content (AvgIpc) is 2.88. The van der Waals surface area contributed by atoms with Gasteiger partial charge in [-0.2, -0.15) is 4.98 Å². The topological polar surface area (TPSA) is 59.2 Å². The Morgan fingerprint density at radius 1 is 0.900 bits per heavy atom. The molecule has 20 heavy (non-hydrogen) atoms. The Balaban J connectivity index is 1.99. The number of phenolic OH excluding ortho intramolecular Hbond substituents is 1. The molecule has 0 aliphatic rings. The van der Waals surface area contributed by atoms with Crippen LogP contribution in [0, 0.1) is 0 Å². The van der Waals surface area contributed by atoms with E-state index in [0.29, 0.717) is 11.7 Å². The molecule has 0 spiro atoms. The second-order valence-corrected chi connectivity index (χ2v) is 5.96. The van der Waals surface area contributed by atoms with Crippen molar-refractivity contribution in [1.29, 1.82) is 0 Å². The van der Waals surface area contributed by atoms with E-state index < -0.39 is 0 Å². The summed E-state index contributed by atoms with van der Waals surface area (Å²) < 4.78 is 7.12. The molecule has 0 aliphatic carbocycles. The van der Waals surface area contributed by atoms with Crippen LogP contribution in [0.1, 0.15) is 0 Å². The minimum absolute atomic E-state index is 0.202. The van der Waals surface area contributed by atoms with Crippen molar-refractivity contribution < 1.29 is 9.63 Å². The Bertz CT molecular complexity index is 734. The lowest BCUT2D eigenvalue weighted by atomic mass is 10.2. The molecule has 0 bridgehead atoms. The molecule has 0 radical (unpaired) electrons. The predicted octanol–water partition coefficient (Wildman–Crippen LogP) is 4.63. The normalized spacial score (nSPS) is 10.7. The van der Waals surface area contributed by atoms with Crippen LogP contribution >= 0.6 is 31.9 Å². The van der Waals surface area contributed by atoms with Gasteiger partial charge >= 0.3 is 0 Å². The van der Waals surface area contributed by atoms with E-state index in [1.54, 1.807) is 24.3 Å². The molecule has 0 saturated heterocycles. The number of benzene rings is 2. The standard InChI is InChI=1S/C14H8Br2N2O2/c15-10-5-9(6-11(16)7-10)14-17-13(18-20-14)8-1-3-12(19)4-2-8/h1-7,19H. The Kier molecular flexibility index (Phi) is 3.58. The van der Waals surface area contributed by atoms with Crippen LogP contribution in [0.2, 0.25) is 0 Å². The lowest BCUT2D eigenvalue weighted by molar-refractivity contribution is 0.432. The fraction of sp³-hybridized carbons (Fsp3) is 0. The molecule has 0 fully saturated rings. The van der Waals surface area contributed by atoms with E-state index >= 15 is 0 Å². The third-order valence-electron chi connectivity index (χ3n) is 2.66. The van der Waals surface area contributed by atoms with Crippen LogP contribution in [0.15, 0.2) is 55.9 Å². The summed E-state index contributed by atoms with van der Waals surface area (Å²) in [7, 11) is 0. The minimum atomic E-state index is 0.202. The Morgan fingerprint density at radius 2 is 1.55 bits per heavy atom. The van der Waals surface area contributed by atoms with Gasteiger partial charge in [0.05, 0.1) is 0 Å². The number of nitrogens with zero attached hydrogens (tertiary/aromatic N) is 2. The van der Waals surface area contributed by atoms with Crippen LogP contribution in [0.25, 0.3) is 22.8 Å². The quantitative estimate of drug-likeness (QED) is 0.686. The molecular weight excluding hydrogens is 388 g/mol. The zero-order valence-electron chi connectivity index (χ0n) is 10.0. The van der Waals surface area contributed by atoms with Crippen LogP contribution in [0.4, 0.5) is 0 Å². The highest BCUT2D eigenvalue weighted by molar-refractivity contribution is 9.11. The number of phenols is 1. The first-order valence-corrected chi connectivity index (χ1v) is 7.30. The van der Waals surface area contributed by atoms with Crippen LogP contribution in [0.3, 0.4) is 0 Å². The monoisotopic (exact) mass is 394 g/mol. The minimum Gasteiger partial charge on any atom is -0.508 e. The maximum Gasteiger partial charge on any atom is 0.258 e. The summed E-state index contributed by atoms with van der Waals surface area (Å²) in [5.74, 6) is 1.12. The van der Waals surface area contributed by atoms with Gasteiger partial charge in [-0.3, -0.25) is 0 Å². The average molecular weight is 396 g/mol. The highest BCUT2D eigenvalue weighted by Gasteiger charge is 2.11. The number of hydrogen-bond acceptors (Lipinski definition) is 4. The number of halogens is 2. The molecule has 0 aliphatic heterocycles. The molecule has 1 N–H and O–H groups in total. The predicted molar refractivity (Wildman–Crippen MR) is 82.2 cm³/mol. The van der Waals surface area contributed by atoms with E-state index in [4.69, 9.17) is 4.52 Å². The Hall–Kier alpha value is -1.66. The van der Waals surface area contributed by atoms with Crippen LogP contribution in [0.5, 0.6) is 5.75 Å². The van der Waals surface area contributed by atoms with Gasteiger partial charge in [0.15, 0.2) is 0 Å². The maximum absolute atomic E-state index is 9.27. The number of rotatable bonds is 2.